The lowest BCUT2D eigenvalue weighted by Crippen LogP contribution is -2.46. The number of fused-ring (bicyclic) bond motifs is 1. The van der Waals surface area contributed by atoms with Crippen molar-refractivity contribution in [2.75, 3.05) is 45.1 Å². The molecule has 2 aromatic rings. The molecule has 0 saturated heterocycles. The van der Waals surface area contributed by atoms with Crippen molar-refractivity contribution in [1.82, 2.24) is 9.80 Å². The predicted octanol–water partition coefficient (Wildman–Crippen LogP) is 3.70. The maximum atomic E-state index is 13.5. The summed E-state index contributed by atoms with van der Waals surface area (Å²) >= 11 is 0. The Hall–Kier alpha value is -2.62. The van der Waals surface area contributed by atoms with E-state index in [1.165, 1.54) is 12.1 Å². The van der Waals surface area contributed by atoms with Crippen molar-refractivity contribution in [2.24, 2.45) is 5.92 Å². The highest BCUT2D eigenvalue weighted by atomic mass is 32.2. The lowest BCUT2D eigenvalue weighted by Gasteiger charge is -2.35. The Morgan fingerprint density at radius 2 is 1.83 bits per heavy atom. The fourth-order valence-corrected chi connectivity index (χ4v) is 5.40. The van der Waals surface area contributed by atoms with E-state index in [1.54, 1.807) is 55.5 Å². The van der Waals surface area contributed by atoms with Crippen LogP contribution >= 0.6 is 0 Å². The van der Waals surface area contributed by atoms with Crippen molar-refractivity contribution in [2.45, 2.75) is 44.2 Å². The number of benzene rings is 2. The Morgan fingerprint density at radius 1 is 1.11 bits per heavy atom. The van der Waals surface area contributed by atoms with E-state index in [-0.39, 0.29) is 28.9 Å². The van der Waals surface area contributed by atoms with Gasteiger partial charge >= 0.3 is 0 Å². The minimum Gasteiger partial charge on any atom is -0.491 e. The summed E-state index contributed by atoms with van der Waals surface area (Å²) in [6.45, 7) is 9.00. The van der Waals surface area contributed by atoms with Crippen LogP contribution < -0.4 is 9.46 Å². The number of sulfonamides is 1. The number of methoxy groups -OCH3 is 1. The Balaban J connectivity index is 1.96. The second-order valence-corrected chi connectivity index (χ2v) is 10.9. The molecule has 192 valence electrons. The van der Waals surface area contributed by atoms with Gasteiger partial charge in [0.1, 0.15) is 12.4 Å². The summed E-state index contributed by atoms with van der Waals surface area (Å²) < 4.78 is 40.1. The lowest BCUT2D eigenvalue weighted by atomic mass is 10.0. The molecule has 0 saturated carbocycles. The van der Waals surface area contributed by atoms with Crippen molar-refractivity contribution < 1.29 is 22.7 Å². The van der Waals surface area contributed by atoms with E-state index < -0.39 is 10.0 Å². The fraction of sp³-hybridized carbons (Fsp3) is 0.500. The second-order valence-electron chi connectivity index (χ2n) is 9.22. The highest BCUT2D eigenvalue weighted by Crippen LogP contribution is 2.27. The van der Waals surface area contributed by atoms with Crippen LogP contribution in [0.3, 0.4) is 0 Å². The highest BCUT2D eigenvalue weighted by Gasteiger charge is 2.28. The summed E-state index contributed by atoms with van der Waals surface area (Å²) in [6.07, 6.45) is 0.883. The zero-order valence-electron chi connectivity index (χ0n) is 21.2. The van der Waals surface area contributed by atoms with Crippen molar-refractivity contribution in [3.05, 3.63) is 54.1 Å². The quantitative estimate of drug-likeness (QED) is 0.647. The second kappa shape index (κ2) is 11.9. The molecule has 0 spiro atoms. The Kier molecular flexibility index (Phi) is 9.15. The molecule has 0 radical (unpaired) electrons. The maximum absolute atomic E-state index is 13.5. The van der Waals surface area contributed by atoms with E-state index in [1.807, 2.05) is 0 Å². The largest absolute Gasteiger partial charge is 0.491 e. The smallest absolute Gasteiger partial charge is 0.261 e. The molecule has 9 heteroatoms. The molecule has 0 bridgehead atoms. The van der Waals surface area contributed by atoms with E-state index in [0.717, 1.165) is 19.5 Å². The number of hydrogen-bond donors (Lipinski definition) is 1. The van der Waals surface area contributed by atoms with E-state index in [4.69, 9.17) is 9.47 Å². The molecule has 1 aliphatic rings. The number of hydrogen-bond acceptors (Lipinski definition) is 6. The normalized spacial score (nSPS) is 22.5. The molecule has 35 heavy (non-hydrogen) atoms. The van der Waals surface area contributed by atoms with Crippen LogP contribution in [0.25, 0.3) is 0 Å². The number of ether oxygens (including phenoxy) is 2. The van der Waals surface area contributed by atoms with Gasteiger partial charge in [0.2, 0.25) is 0 Å². The topological polar surface area (TPSA) is 88.2 Å². The van der Waals surface area contributed by atoms with E-state index >= 15 is 0 Å². The standard InChI is InChI=1S/C26H37N3O5S/c1-6-14-29-16-19(2)25(33-5)17-28(4)26(30)23-15-21(12-13-24(23)34-18-20(29)3)27-35(31,32)22-10-8-7-9-11-22/h7-13,15,19-20,25,27H,6,14,16-18H2,1-5H3/t19-,20+,25-/m0/s1. The third-order valence-corrected chi connectivity index (χ3v) is 7.79. The molecule has 1 amide bonds. The summed E-state index contributed by atoms with van der Waals surface area (Å²) in [6, 6.07) is 13.1. The Bertz CT molecular complexity index is 1090. The molecule has 0 fully saturated rings. The van der Waals surface area contributed by atoms with Crippen LogP contribution in [0.1, 0.15) is 37.6 Å². The molecule has 1 heterocycles. The van der Waals surface area contributed by atoms with Crippen LogP contribution in [-0.4, -0.2) is 76.7 Å². The number of likely N-dealkylation sites (N-methyl/N-ethyl adjacent to an activating group) is 1. The van der Waals surface area contributed by atoms with Crippen LogP contribution in [0.4, 0.5) is 5.69 Å². The number of amides is 1. The van der Waals surface area contributed by atoms with Crippen LogP contribution in [0.5, 0.6) is 5.75 Å². The molecular formula is C26H37N3O5S. The van der Waals surface area contributed by atoms with Gasteiger partial charge in [0.25, 0.3) is 15.9 Å². The first kappa shape index (κ1) is 27.0. The minimum absolute atomic E-state index is 0.131. The third kappa shape index (κ3) is 6.74. The summed E-state index contributed by atoms with van der Waals surface area (Å²) in [5.74, 6) is 0.371. The average molecular weight is 504 g/mol. The van der Waals surface area contributed by atoms with Crippen molar-refractivity contribution in [3.63, 3.8) is 0 Å². The van der Waals surface area contributed by atoms with Gasteiger partial charge in [-0.1, -0.05) is 32.0 Å². The zero-order chi connectivity index (χ0) is 25.6. The summed E-state index contributed by atoms with van der Waals surface area (Å²) in [7, 11) is -0.397. The third-order valence-electron chi connectivity index (χ3n) is 6.39. The van der Waals surface area contributed by atoms with Crippen LogP contribution in [0.15, 0.2) is 53.4 Å². The van der Waals surface area contributed by atoms with Gasteiger partial charge in [0.15, 0.2) is 0 Å². The highest BCUT2D eigenvalue weighted by molar-refractivity contribution is 7.92. The Labute approximate surface area is 209 Å². The number of nitrogens with zero attached hydrogens (tertiary/aromatic N) is 2. The van der Waals surface area contributed by atoms with E-state index in [0.29, 0.717) is 30.2 Å². The molecule has 0 unspecified atom stereocenters. The monoisotopic (exact) mass is 503 g/mol. The van der Waals surface area contributed by atoms with Gasteiger partial charge in [0, 0.05) is 39.0 Å². The van der Waals surface area contributed by atoms with Crippen molar-refractivity contribution in [3.8, 4) is 5.75 Å². The molecule has 8 nitrogen and oxygen atoms in total. The molecule has 1 N–H and O–H groups in total. The van der Waals surface area contributed by atoms with E-state index in [2.05, 4.69) is 30.4 Å². The van der Waals surface area contributed by atoms with Crippen LogP contribution in [-0.2, 0) is 14.8 Å². The number of nitrogens with one attached hydrogen (secondary N) is 1. The fourth-order valence-electron chi connectivity index (χ4n) is 4.33. The van der Waals surface area contributed by atoms with Gasteiger partial charge in [-0.25, -0.2) is 8.42 Å². The van der Waals surface area contributed by atoms with Crippen molar-refractivity contribution in [1.29, 1.82) is 0 Å². The van der Waals surface area contributed by atoms with E-state index in [9.17, 15) is 13.2 Å². The molecule has 3 rings (SSSR count). The molecular weight excluding hydrogens is 466 g/mol. The van der Waals surface area contributed by atoms with Crippen molar-refractivity contribution >= 4 is 21.6 Å². The van der Waals surface area contributed by atoms with Gasteiger partial charge in [-0.15, -0.1) is 0 Å². The summed E-state index contributed by atoms with van der Waals surface area (Å²) in [4.78, 5) is 17.6. The van der Waals surface area contributed by atoms with Gasteiger partial charge in [0.05, 0.1) is 16.6 Å². The summed E-state index contributed by atoms with van der Waals surface area (Å²) in [5, 5.41) is 0. The van der Waals surface area contributed by atoms with Gasteiger partial charge in [-0.2, -0.15) is 0 Å². The van der Waals surface area contributed by atoms with Gasteiger partial charge in [-0.3, -0.25) is 14.4 Å². The number of carbonyl (C=O) groups excluding carboxylic acids is 1. The molecule has 0 aliphatic carbocycles. The molecule has 3 atom stereocenters. The van der Waals surface area contributed by atoms with Crippen LogP contribution in [0.2, 0.25) is 0 Å². The number of carbonyl (C=O) groups is 1. The van der Waals surface area contributed by atoms with Gasteiger partial charge < -0.3 is 14.4 Å². The lowest BCUT2D eigenvalue weighted by molar-refractivity contribution is 0.0108. The zero-order valence-corrected chi connectivity index (χ0v) is 22.0. The first-order chi connectivity index (χ1) is 16.7. The number of anilines is 1. The molecule has 1 aliphatic heterocycles. The first-order valence-electron chi connectivity index (χ1n) is 12.0. The maximum Gasteiger partial charge on any atom is 0.261 e. The predicted molar refractivity (Wildman–Crippen MR) is 137 cm³/mol. The SMILES string of the molecule is CCCN1C[C@H](C)[C@@H](OC)CN(C)C(=O)c2cc(NS(=O)(=O)c3ccccc3)ccc2OC[C@H]1C. The molecule has 2 aromatic carbocycles. The minimum atomic E-state index is -3.80. The summed E-state index contributed by atoms with van der Waals surface area (Å²) in [5.41, 5.74) is 0.598. The number of rotatable bonds is 6. The Morgan fingerprint density at radius 3 is 2.49 bits per heavy atom. The average Bonchev–Trinajstić information content (AvgIpc) is 2.85. The first-order valence-corrected chi connectivity index (χ1v) is 13.5. The van der Waals surface area contributed by atoms with Crippen LogP contribution in [0, 0.1) is 5.92 Å². The molecule has 0 aromatic heterocycles. The van der Waals surface area contributed by atoms with Gasteiger partial charge in [-0.05, 0) is 56.1 Å².